The summed E-state index contributed by atoms with van der Waals surface area (Å²) in [5.41, 5.74) is 2.77. The molecule has 0 aromatic heterocycles. The molecule has 0 aliphatic rings. The summed E-state index contributed by atoms with van der Waals surface area (Å²) in [5, 5.41) is 21.5. The average molecular weight is 444 g/mol. The van der Waals surface area contributed by atoms with Crippen LogP contribution in [0.4, 0.5) is 11.4 Å². The van der Waals surface area contributed by atoms with Crippen molar-refractivity contribution in [3.8, 4) is 22.9 Å². The third-order valence-corrected chi connectivity index (χ3v) is 5.34. The topological polar surface area (TPSA) is 96.5 Å². The number of amides is 1. The maximum absolute atomic E-state index is 13.2. The van der Waals surface area contributed by atoms with Crippen LogP contribution in [0.15, 0.2) is 66.7 Å². The molecule has 0 atom stereocenters. The van der Waals surface area contributed by atoms with Gasteiger partial charge in [-0.25, -0.2) is 0 Å². The molecule has 7 heteroatoms. The average Bonchev–Trinajstić information content (AvgIpc) is 2.85. The first kappa shape index (κ1) is 23.5. The van der Waals surface area contributed by atoms with Crippen LogP contribution in [0.1, 0.15) is 37.3 Å². The number of benzene rings is 3. The molecule has 0 saturated heterocycles. The van der Waals surface area contributed by atoms with Gasteiger partial charge in [0.2, 0.25) is 5.91 Å². The second-order valence-corrected chi connectivity index (χ2v) is 7.53. The largest absolute Gasteiger partial charge is 0.494 e. The molecule has 0 unspecified atom stereocenters. The van der Waals surface area contributed by atoms with Crippen LogP contribution in [0.3, 0.4) is 0 Å². The molecule has 168 valence electrons. The normalized spacial score (nSPS) is 10.3. The lowest BCUT2D eigenvalue weighted by Crippen LogP contribution is -2.31. The Kier molecular flexibility index (Phi) is 7.77. The number of hydrogen-bond donors (Lipinski definition) is 0. The first-order valence-electron chi connectivity index (χ1n) is 10.7. The van der Waals surface area contributed by atoms with Gasteiger partial charge < -0.3 is 4.74 Å². The van der Waals surface area contributed by atoms with Crippen LogP contribution in [-0.4, -0.2) is 17.9 Å². The van der Waals surface area contributed by atoms with Crippen molar-refractivity contribution >= 4 is 17.3 Å². The molecule has 0 fully saturated rings. The molecular formula is C26H25N3O4. The van der Waals surface area contributed by atoms with Gasteiger partial charge in [-0.1, -0.05) is 61.9 Å². The van der Waals surface area contributed by atoms with Crippen LogP contribution in [0, 0.1) is 21.4 Å². The Hall–Kier alpha value is -4.18. The van der Waals surface area contributed by atoms with Gasteiger partial charge in [0.15, 0.2) is 5.69 Å². The van der Waals surface area contributed by atoms with E-state index in [-0.39, 0.29) is 36.0 Å². The van der Waals surface area contributed by atoms with Crippen LogP contribution < -0.4 is 9.64 Å². The Labute approximate surface area is 193 Å². The number of carbonyl (C=O) groups is 1. The molecule has 3 aromatic rings. The highest BCUT2D eigenvalue weighted by molar-refractivity contribution is 5.97. The molecule has 0 heterocycles. The van der Waals surface area contributed by atoms with Crippen molar-refractivity contribution in [1.82, 2.24) is 0 Å². The van der Waals surface area contributed by atoms with Gasteiger partial charge in [0, 0.05) is 12.5 Å². The van der Waals surface area contributed by atoms with Crippen molar-refractivity contribution in [2.75, 3.05) is 12.0 Å². The van der Waals surface area contributed by atoms with Crippen molar-refractivity contribution in [3.05, 3.63) is 88.0 Å². The molecule has 3 aromatic carbocycles. The van der Waals surface area contributed by atoms with Gasteiger partial charge >= 0.3 is 0 Å². The minimum absolute atomic E-state index is 0.0769. The number of hydrogen-bond acceptors (Lipinski definition) is 5. The van der Waals surface area contributed by atoms with Gasteiger partial charge in [0.1, 0.15) is 5.75 Å². The van der Waals surface area contributed by atoms with Gasteiger partial charge in [-0.05, 0) is 35.2 Å². The molecule has 3 rings (SSSR count). The van der Waals surface area contributed by atoms with E-state index in [4.69, 9.17) is 4.74 Å². The van der Waals surface area contributed by atoms with Crippen LogP contribution in [-0.2, 0) is 11.3 Å². The van der Waals surface area contributed by atoms with E-state index < -0.39 is 4.92 Å². The summed E-state index contributed by atoms with van der Waals surface area (Å²) in [7, 11) is 1.42. The number of nitrogens with zero attached hydrogens (tertiary/aromatic N) is 3. The zero-order valence-electron chi connectivity index (χ0n) is 18.7. The fourth-order valence-corrected chi connectivity index (χ4v) is 3.68. The van der Waals surface area contributed by atoms with Crippen molar-refractivity contribution in [2.24, 2.45) is 0 Å². The fourth-order valence-electron chi connectivity index (χ4n) is 3.68. The molecule has 33 heavy (non-hydrogen) atoms. The summed E-state index contributed by atoms with van der Waals surface area (Å²) < 4.78 is 5.38. The highest BCUT2D eigenvalue weighted by Crippen LogP contribution is 2.39. The zero-order valence-corrected chi connectivity index (χ0v) is 18.7. The summed E-state index contributed by atoms with van der Waals surface area (Å²) in [6.45, 7) is 2.05. The molecule has 0 saturated carbocycles. The van der Waals surface area contributed by atoms with E-state index in [2.05, 4.69) is 6.07 Å². The molecule has 0 aliphatic carbocycles. The van der Waals surface area contributed by atoms with E-state index in [9.17, 15) is 20.2 Å². The van der Waals surface area contributed by atoms with Crippen molar-refractivity contribution in [3.63, 3.8) is 0 Å². The molecule has 0 radical (unpaired) electrons. The third kappa shape index (κ3) is 5.36. The fraction of sp³-hybridized carbons (Fsp3) is 0.231. The number of anilines is 1. The molecule has 0 spiro atoms. The molecule has 0 aliphatic heterocycles. The van der Waals surface area contributed by atoms with E-state index in [0.29, 0.717) is 17.5 Å². The molecule has 0 bridgehead atoms. The lowest BCUT2D eigenvalue weighted by Gasteiger charge is -2.25. The van der Waals surface area contributed by atoms with Crippen LogP contribution in [0.25, 0.3) is 11.1 Å². The number of carbonyl (C=O) groups excluding carboxylic acids is 1. The van der Waals surface area contributed by atoms with Gasteiger partial charge in [0.05, 0.1) is 30.2 Å². The molecule has 0 N–H and O–H groups in total. The number of unbranched alkanes of at least 4 members (excludes halogenated alkanes) is 1. The second kappa shape index (κ2) is 10.9. The van der Waals surface area contributed by atoms with E-state index in [1.807, 2.05) is 49.4 Å². The predicted octanol–water partition coefficient (Wildman–Crippen LogP) is 5.87. The Morgan fingerprint density at radius 3 is 2.52 bits per heavy atom. The summed E-state index contributed by atoms with van der Waals surface area (Å²) >= 11 is 0. The van der Waals surface area contributed by atoms with Gasteiger partial charge in [-0.2, -0.15) is 5.26 Å². The first-order valence-corrected chi connectivity index (χ1v) is 10.7. The molecule has 7 nitrogen and oxygen atoms in total. The number of nitro benzene ring substituents is 1. The van der Waals surface area contributed by atoms with Crippen LogP contribution in [0.5, 0.6) is 5.75 Å². The number of para-hydroxylation sites is 1. The number of rotatable bonds is 9. The van der Waals surface area contributed by atoms with Crippen LogP contribution in [0.2, 0.25) is 0 Å². The number of nitriles is 1. The van der Waals surface area contributed by atoms with E-state index in [1.54, 1.807) is 12.1 Å². The van der Waals surface area contributed by atoms with Gasteiger partial charge in [-0.15, -0.1) is 0 Å². The summed E-state index contributed by atoms with van der Waals surface area (Å²) in [6, 6.07) is 21.7. The van der Waals surface area contributed by atoms with E-state index >= 15 is 0 Å². The SMILES string of the molecule is CCCCC(=O)N(Cc1ccc(-c2ccccc2)c(C#N)c1)c1c(OC)cccc1[N+](=O)[O-]. The first-order chi connectivity index (χ1) is 16.0. The Bertz CT molecular complexity index is 1190. The standard InChI is InChI=1S/C26H25N3O4/c1-3-4-13-25(30)28(26-23(29(31)32)11-8-12-24(26)33-2)18-19-14-15-22(21(16-19)17-27)20-9-6-5-7-10-20/h5-12,14-16H,3-4,13,18H2,1-2H3. The van der Waals surface area contributed by atoms with E-state index in [1.165, 1.54) is 24.1 Å². The summed E-state index contributed by atoms with van der Waals surface area (Å²) in [4.78, 5) is 25.8. The summed E-state index contributed by atoms with van der Waals surface area (Å²) in [6.07, 6.45) is 1.73. The van der Waals surface area contributed by atoms with Crippen molar-refractivity contribution in [2.45, 2.75) is 32.7 Å². The van der Waals surface area contributed by atoms with Crippen molar-refractivity contribution in [1.29, 1.82) is 5.26 Å². The van der Waals surface area contributed by atoms with Crippen molar-refractivity contribution < 1.29 is 14.5 Å². The van der Waals surface area contributed by atoms with Gasteiger partial charge in [0.25, 0.3) is 5.69 Å². The highest BCUT2D eigenvalue weighted by atomic mass is 16.6. The Morgan fingerprint density at radius 2 is 1.88 bits per heavy atom. The lowest BCUT2D eigenvalue weighted by atomic mass is 9.98. The summed E-state index contributed by atoms with van der Waals surface area (Å²) in [5.74, 6) is 0.00514. The minimum Gasteiger partial charge on any atom is -0.494 e. The molecule has 1 amide bonds. The molecular weight excluding hydrogens is 418 g/mol. The minimum atomic E-state index is -0.517. The second-order valence-electron chi connectivity index (χ2n) is 7.53. The van der Waals surface area contributed by atoms with Crippen LogP contribution >= 0.6 is 0 Å². The predicted molar refractivity (Wildman–Crippen MR) is 127 cm³/mol. The number of methoxy groups -OCH3 is 1. The smallest absolute Gasteiger partial charge is 0.296 e. The number of ether oxygens (including phenoxy) is 1. The highest BCUT2D eigenvalue weighted by Gasteiger charge is 2.28. The maximum atomic E-state index is 13.2. The van der Waals surface area contributed by atoms with E-state index in [0.717, 1.165) is 17.5 Å². The lowest BCUT2D eigenvalue weighted by molar-refractivity contribution is -0.384. The number of nitro groups is 1. The zero-order chi connectivity index (χ0) is 23.8. The maximum Gasteiger partial charge on any atom is 0.296 e. The third-order valence-electron chi connectivity index (χ3n) is 5.34. The van der Waals surface area contributed by atoms with Gasteiger partial charge in [-0.3, -0.25) is 19.8 Å². The monoisotopic (exact) mass is 443 g/mol. The Morgan fingerprint density at radius 1 is 1.12 bits per heavy atom. The Balaban J connectivity index is 2.07. The quantitative estimate of drug-likeness (QED) is 0.304.